The van der Waals surface area contributed by atoms with Crippen molar-refractivity contribution in [1.29, 1.82) is 0 Å². The predicted octanol–water partition coefficient (Wildman–Crippen LogP) is 7.84. The summed E-state index contributed by atoms with van der Waals surface area (Å²) in [7, 11) is 1.53. The third kappa shape index (κ3) is 8.60. The van der Waals surface area contributed by atoms with Crippen LogP contribution in [0, 0.1) is 0 Å². The summed E-state index contributed by atoms with van der Waals surface area (Å²) in [5, 5.41) is 16.3. The molecule has 2 saturated heterocycles. The molecule has 1 atom stereocenters. The number of methoxy groups -OCH3 is 1. The second-order valence-corrected chi connectivity index (χ2v) is 16.4. The number of benzene rings is 3. The molecule has 3 aromatic carbocycles. The molecular weight excluding hydrogens is 836 g/mol. The van der Waals surface area contributed by atoms with Crippen molar-refractivity contribution in [2.75, 3.05) is 57.0 Å². The number of nitrogens with zero attached hydrogens (tertiary/aromatic N) is 8. The number of aromatic nitrogens is 6. The Morgan fingerprint density at radius 3 is 2.34 bits per heavy atom. The number of ether oxygens (including phenoxy) is 2. The van der Waals surface area contributed by atoms with Gasteiger partial charge in [0.15, 0.2) is 5.65 Å². The molecule has 0 unspecified atom stereocenters. The normalized spacial score (nSPS) is 15.5. The molecule has 2 fully saturated rings. The molecule has 0 saturated carbocycles. The fourth-order valence-corrected chi connectivity index (χ4v) is 8.95. The zero-order valence-electron chi connectivity index (χ0n) is 35.2. The van der Waals surface area contributed by atoms with Crippen LogP contribution in [0.5, 0.6) is 17.4 Å². The number of anilines is 2. The van der Waals surface area contributed by atoms with Crippen LogP contribution in [0.3, 0.4) is 0 Å². The number of carbonyl (C=O) groups excluding carboxylic acids is 2. The van der Waals surface area contributed by atoms with Crippen LogP contribution in [0.4, 0.5) is 11.6 Å². The quantitative estimate of drug-likeness (QED) is 0.0950. The number of piperazine rings is 1. The summed E-state index contributed by atoms with van der Waals surface area (Å²) in [4.78, 5) is 61.1. The number of likely N-dealkylation sites (tertiary alicyclic amines) is 1. The number of rotatable bonds is 13. The first-order valence-corrected chi connectivity index (χ1v) is 21.7. The van der Waals surface area contributed by atoms with Crippen LogP contribution in [0.25, 0.3) is 44.3 Å². The molecule has 2 aliphatic heterocycles. The highest BCUT2D eigenvalue weighted by Crippen LogP contribution is 2.39. The lowest BCUT2D eigenvalue weighted by molar-refractivity contribution is -0.134. The summed E-state index contributed by atoms with van der Waals surface area (Å²) >= 11 is 6.64. The van der Waals surface area contributed by atoms with E-state index in [2.05, 4.69) is 19.9 Å². The molecule has 2 aliphatic rings. The van der Waals surface area contributed by atoms with Gasteiger partial charge in [-0.2, -0.15) is 10.1 Å². The predicted molar refractivity (Wildman–Crippen MR) is 244 cm³/mol. The number of piperidine rings is 1. The Morgan fingerprint density at radius 2 is 1.61 bits per heavy atom. The molecule has 328 valence electrons. The van der Waals surface area contributed by atoms with E-state index in [1.807, 2.05) is 81.2 Å². The fourth-order valence-electron chi connectivity index (χ4n) is 8.69. The molecule has 9 rings (SSSR count). The summed E-state index contributed by atoms with van der Waals surface area (Å²) in [5.41, 5.74) is 10.6. The molecule has 0 radical (unpaired) electrons. The number of H-pyrrole nitrogens is 1. The zero-order valence-corrected chi connectivity index (χ0v) is 36.0. The number of hydrogen-bond donors (Lipinski definition) is 3. The van der Waals surface area contributed by atoms with Crippen LogP contribution in [0.2, 0.25) is 5.02 Å². The van der Waals surface area contributed by atoms with Gasteiger partial charge in [0, 0.05) is 85.9 Å². The number of amides is 2. The van der Waals surface area contributed by atoms with Crippen molar-refractivity contribution >= 4 is 63.0 Å². The summed E-state index contributed by atoms with van der Waals surface area (Å²) in [6, 6.07) is 24.4. The highest BCUT2D eigenvalue weighted by atomic mass is 35.5. The maximum atomic E-state index is 13.5. The van der Waals surface area contributed by atoms with Gasteiger partial charge in [-0.05, 0) is 86.3 Å². The minimum Gasteiger partial charge on any atom is -0.480 e. The third-order valence-corrected chi connectivity index (χ3v) is 12.3. The number of hydrogen-bond acceptors (Lipinski definition) is 11. The first-order valence-electron chi connectivity index (χ1n) is 21.4. The van der Waals surface area contributed by atoms with E-state index in [-0.39, 0.29) is 23.4 Å². The SMILES string of the molecule is COc1nc(N2CCN(C(=O)CCCCC(=O)N3CCC[C@@H](n4nc(-c5ccc(Oc6ccccc6)cc5)c5c(N)ncnc54)C3)CC2)ccc1-c1cc2c(C(=O)O)c[nH]c2cc1Cl. The molecule has 0 spiro atoms. The van der Waals surface area contributed by atoms with E-state index < -0.39 is 5.97 Å². The van der Waals surface area contributed by atoms with E-state index in [0.29, 0.717) is 132 Å². The van der Waals surface area contributed by atoms with Crippen molar-refractivity contribution in [3.63, 3.8) is 0 Å². The van der Waals surface area contributed by atoms with E-state index in [1.54, 1.807) is 12.1 Å². The number of carboxylic acid groups (broad SMARTS) is 1. The number of nitrogens with one attached hydrogen (secondary N) is 1. The van der Waals surface area contributed by atoms with Gasteiger partial charge in [-0.1, -0.05) is 29.8 Å². The topological polar surface area (TPSA) is 198 Å². The Hall–Kier alpha value is -7.20. The Labute approximate surface area is 373 Å². The number of aromatic amines is 1. The molecule has 2 amide bonds. The number of halogens is 1. The molecule has 4 aromatic heterocycles. The molecule has 64 heavy (non-hydrogen) atoms. The van der Waals surface area contributed by atoms with Gasteiger partial charge in [-0.15, -0.1) is 0 Å². The van der Waals surface area contributed by atoms with Gasteiger partial charge in [-0.3, -0.25) is 9.59 Å². The van der Waals surface area contributed by atoms with Gasteiger partial charge >= 0.3 is 5.97 Å². The van der Waals surface area contributed by atoms with Crippen LogP contribution in [0.15, 0.2) is 91.4 Å². The Kier molecular flexibility index (Phi) is 12.0. The Morgan fingerprint density at radius 1 is 0.875 bits per heavy atom. The smallest absolute Gasteiger partial charge is 0.337 e. The van der Waals surface area contributed by atoms with Crippen molar-refractivity contribution in [2.24, 2.45) is 0 Å². The second kappa shape index (κ2) is 18.3. The van der Waals surface area contributed by atoms with Gasteiger partial charge in [0.2, 0.25) is 17.7 Å². The van der Waals surface area contributed by atoms with Crippen LogP contribution >= 0.6 is 11.6 Å². The number of fused-ring (bicyclic) bond motifs is 2. The number of para-hydroxylation sites is 1. The standard InChI is InChI=1S/C47H47ClN10O6/c1-63-46-33(34-24-35-36(47(61)62)26-50-38(35)25-37(34)48)17-18-39(53-46)55-20-22-56(23-21-55)40(59)11-5-6-12-41(60)57-19-7-8-30(27-57)58-45-42(44(49)51-28-52-45)43(54-58)29-13-15-32(16-14-29)64-31-9-3-2-4-10-31/h2-4,9-10,13-18,24-26,28,30,50H,5-8,11-12,19-23,27H2,1H3,(H,61,62)(H2,49,51,52)/t30-/m1/s1. The van der Waals surface area contributed by atoms with Crippen molar-refractivity contribution in [2.45, 2.75) is 44.6 Å². The summed E-state index contributed by atoms with van der Waals surface area (Å²) in [6.45, 7) is 3.44. The number of carbonyl (C=O) groups is 3. The lowest BCUT2D eigenvalue weighted by Gasteiger charge is -2.35. The maximum absolute atomic E-state index is 13.5. The van der Waals surface area contributed by atoms with Crippen molar-refractivity contribution in [3.8, 4) is 39.8 Å². The number of nitrogens with two attached hydrogens (primary N) is 1. The van der Waals surface area contributed by atoms with Crippen molar-refractivity contribution < 1.29 is 29.0 Å². The van der Waals surface area contributed by atoms with E-state index in [0.717, 1.165) is 24.2 Å². The molecule has 0 bridgehead atoms. The largest absolute Gasteiger partial charge is 0.480 e. The lowest BCUT2D eigenvalue weighted by Crippen LogP contribution is -2.49. The number of unbranched alkanes of at least 4 members (excludes halogenated alkanes) is 1. The van der Waals surface area contributed by atoms with Crippen molar-refractivity contribution in [1.82, 2.24) is 39.5 Å². The average Bonchev–Trinajstić information content (AvgIpc) is 3.93. The molecular formula is C47H47ClN10O6. The van der Waals surface area contributed by atoms with Gasteiger partial charge in [0.1, 0.15) is 35.2 Å². The van der Waals surface area contributed by atoms with Crippen LogP contribution in [-0.2, 0) is 9.59 Å². The van der Waals surface area contributed by atoms with E-state index in [9.17, 15) is 19.5 Å². The number of carboxylic acids is 1. The molecule has 17 heteroatoms. The number of nitrogen functional groups attached to an aromatic ring is 1. The van der Waals surface area contributed by atoms with Crippen LogP contribution in [-0.4, -0.2) is 109 Å². The minimum absolute atomic E-state index is 0.0665. The first kappa shape index (κ1) is 42.1. The molecule has 7 aromatic rings. The summed E-state index contributed by atoms with van der Waals surface area (Å²) in [5.74, 6) is 1.95. The highest BCUT2D eigenvalue weighted by Gasteiger charge is 2.29. The highest BCUT2D eigenvalue weighted by molar-refractivity contribution is 6.34. The molecule has 0 aliphatic carbocycles. The maximum Gasteiger partial charge on any atom is 0.337 e. The molecule has 4 N–H and O–H groups in total. The van der Waals surface area contributed by atoms with Gasteiger partial charge in [-0.25, -0.2) is 19.4 Å². The van der Waals surface area contributed by atoms with Crippen molar-refractivity contribution in [3.05, 3.63) is 102 Å². The van der Waals surface area contributed by atoms with Gasteiger partial charge in [0.25, 0.3) is 0 Å². The second-order valence-electron chi connectivity index (χ2n) is 16.0. The van der Waals surface area contributed by atoms with E-state index in [4.69, 9.17) is 36.9 Å². The number of pyridine rings is 1. The van der Waals surface area contributed by atoms with E-state index >= 15 is 0 Å². The average molecular weight is 883 g/mol. The van der Waals surface area contributed by atoms with Gasteiger partial charge in [0.05, 0.1) is 29.1 Å². The van der Waals surface area contributed by atoms with Crippen LogP contribution in [0.1, 0.15) is 54.9 Å². The summed E-state index contributed by atoms with van der Waals surface area (Å²) in [6.07, 6.45) is 6.51. The first-order chi connectivity index (χ1) is 31.1. The van der Waals surface area contributed by atoms with Crippen LogP contribution < -0.4 is 20.1 Å². The summed E-state index contributed by atoms with van der Waals surface area (Å²) < 4.78 is 13.6. The monoisotopic (exact) mass is 882 g/mol. The zero-order chi connectivity index (χ0) is 44.3. The fraction of sp³-hybridized carbons (Fsp3) is 0.298. The van der Waals surface area contributed by atoms with Gasteiger partial charge < -0.3 is 40.0 Å². The third-order valence-electron chi connectivity index (χ3n) is 12.0. The Balaban J connectivity index is 0.767. The molecule has 6 heterocycles. The minimum atomic E-state index is -1.04. The lowest BCUT2D eigenvalue weighted by atomic mass is 10.0. The Bertz CT molecular complexity index is 2840. The number of aromatic carboxylic acids is 1. The van der Waals surface area contributed by atoms with E-state index in [1.165, 1.54) is 19.6 Å². The molecule has 16 nitrogen and oxygen atoms in total.